The van der Waals surface area contributed by atoms with Crippen molar-refractivity contribution in [3.05, 3.63) is 40.0 Å². The Morgan fingerprint density at radius 1 is 0.864 bits per heavy atom. The molecule has 0 aliphatic heterocycles. The monoisotopic (exact) mass is 403 g/mol. The van der Waals surface area contributed by atoms with Crippen molar-refractivity contribution in [1.29, 1.82) is 0 Å². The third-order valence-electron chi connectivity index (χ3n) is 6.98. The van der Waals surface area contributed by atoms with E-state index in [1.807, 2.05) is 0 Å². The van der Waals surface area contributed by atoms with Crippen LogP contribution >= 0.6 is 33.0 Å². The maximum absolute atomic E-state index is 5.79. The fourth-order valence-corrected chi connectivity index (χ4v) is 22.6. The fourth-order valence-electron chi connectivity index (χ4n) is 4.19. The van der Waals surface area contributed by atoms with Crippen LogP contribution in [-0.4, -0.2) is 0 Å². The Bertz CT molecular complexity index is 834. The van der Waals surface area contributed by atoms with Crippen LogP contribution in [0.4, 0.5) is 0 Å². The quantitative estimate of drug-likeness (QED) is 0.435. The van der Waals surface area contributed by atoms with Crippen molar-refractivity contribution in [3.8, 4) is 0 Å². The summed E-state index contributed by atoms with van der Waals surface area (Å²) in [5, 5.41) is 23.4. The van der Waals surface area contributed by atoms with Gasteiger partial charge in [-0.25, -0.2) is 0 Å². The zero-order valence-corrected chi connectivity index (χ0v) is 20.2. The fraction of sp³-hybridized carbons (Fsp3) is 0.556. The molecule has 2 rings (SSSR count). The molecule has 0 nitrogen and oxygen atoms in total. The van der Waals surface area contributed by atoms with E-state index < -0.39 is 7.61 Å². The van der Waals surface area contributed by atoms with Gasteiger partial charge in [-0.3, -0.25) is 0 Å². The molecule has 0 N–H and O–H groups in total. The standard InChI is InChI=1S/C5H5.C4H4P.9CH3.2ClH.Ti/c2*1-2-4-5-3-1;;;;;;;;;;;;/h1-3H,4H2;1-3,5H;9*1H3;2*1H;. The molecule has 4 heteroatoms. The molecule has 1 aliphatic carbocycles. The predicted octanol–water partition coefficient (Wildman–Crippen LogP) is 8.37. The first-order valence-electron chi connectivity index (χ1n) is 8.21. The molecule has 0 amide bonds. The molecule has 0 fully saturated rings. The van der Waals surface area contributed by atoms with Gasteiger partial charge in [0.15, 0.2) is 0 Å². The van der Waals surface area contributed by atoms with E-state index in [4.69, 9.17) is 0 Å². The van der Waals surface area contributed by atoms with Crippen LogP contribution in [0.15, 0.2) is 40.0 Å². The van der Waals surface area contributed by atoms with Crippen LogP contribution in [0.3, 0.4) is 0 Å². The normalized spacial score (nSPS) is 30.8. The van der Waals surface area contributed by atoms with Crippen LogP contribution in [-0.2, 0) is 7.61 Å². The van der Waals surface area contributed by atoms with Crippen LogP contribution in [0.25, 0.3) is 0 Å². The van der Waals surface area contributed by atoms with Crippen molar-refractivity contribution in [3.63, 3.8) is 0 Å². The molecule has 1 unspecified atom stereocenters. The van der Waals surface area contributed by atoms with Gasteiger partial charge in [0.1, 0.15) is 0 Å². The molecule has 1 aliphatic rings. The molecule has 0 aromatic carbocycles. The Labute approximate surface area is 137 Å². The van der Waals surface area contributed by atoms with Crippen LogP contribution < -0.4 is 3.60 Å². The predicted molar refractivity (Wildman–Crippen MR) is 115 cm³/mol. The molecule has 0 bridgehead atoms. The molecule has 133 valence electrons. The number of allylic oxidation sites excluding steroid dienone is 4. The Hall–Kier alpha value is 0.554. The minimum absolute atomic E-state index is 0. The van der Waals surface area contributed by atoms with Crippen molar-refractivity contribution < 1.29 is 7.61 Å². The van der Waals surface area contributed by atoms with Gasteiger partial charge in [-0.05, 0) is 0 Å². The van der Waals surface area contributed by atoms with Crippen molar-refractivity contribution in [1.82, 2.24) is 0 Å². The molecule has 0 spiro atoms. The number of rotatable bonds is 2. The summed E-state index contributed by atoms with van der Waals surface area (Å²) < 4.78 is 3.14. The maximum atomic E-state index is 2.60. The van der Waals surface area contributed by atoms with Gasteiger partial charge in [0.05, 0.1) is 0 Å². The molecule has 1 atom stereocenters. The van der Waals surface area contributed by atoms with E-state index in [0.29, 0.717) is 0 Å². The molecule has 1 aromatic heterocycles. The summed E-state index contributed by atoms with van der Waals surface area (Å²) in [6, 6.07) is 4.64. The summed E-state index contributed by atoms with van der Waals surface area (Å²) in [7, 11) is -5.05. The summed E-state index contributed by atoms with van der Waals surface area (Å²) >= 11 is 0. The van der Waals surface area contributed by atoms with E-state index in [0.717, 1.165) is 14.6 Å². The van der Waals surface area contributed by atoms with Gasteiger partial charge >= 0.3 is 113 Å². The zero-order chi connectivity index (χ0) is 16.1. The van der Waals surface area contributed by atoms with Crippen molar-refractivity contribution in [2.45, 2.75) is 53.5 Å². The average molecular weight is 404 g/mol. The molecular formula is C18H38Cl2PTi. The van der Waals surface area contributed by atoms with Gasteiger partial charge in [0.2, 0.25) is 0 Å². The van der Waals surface area contributed by atoms with E-state index >= 15 is 0 Å². The van der Waals surface area contributed by atoms with Crippen molar-refractivity contribution in [2.24, 2.45) is 0 Å². The molecule has 0 radical (unpaired) electrons. The molecular weight excluding hydrogens is 366 g/mol. The van der Waals surface area contributed by atoms with Gasteiger partial charge in [0, 0.05) is 0 Å². The second-order valence-corrected chi connectivity index (χ2v) is 99.5. The Balaban J connectivity index is 0.00000220. The van der Waals surface area contributed by atoms with Crippen molar-refractivity contribution >= 4 is 36.6 Å². The van der Waals surface area contributed by atoms with Gasteiger partial charge < -0.3 is 0 Å². The zero-order valence-electron chi connectivity index (χ0n) is 16.0. The third-order valence-corrected chi connectivity index (χ3v) is 36.6. The summed E-state index contributed by atoms with van der Waals surface area (Å²) in [6.45, 7) is 0. The van der Waals surface area contributed by atoms with Crippen molar-refractivity contribution in [2.75, 3.05) is 0 Å². The number of hydrogen-bond donors (Lipinski definition) is 0. The topological polar surface area (TPSA) is 0 Å². The number of hydrogen-bond acceptors (Lipinski definition) is 0. The van der Waals surface area contributed by atoms with Gasteiger partial charge in [-0.1, -0.05) is 0 Å². The van der Waals surface area contributed by atoms with Crippen LogP contribution in [0.2, 0.25) is 47.1 Å². The van der Waals surface area contributed by atoms with E-state index in [1.54, 1.807) is 7.48 Å². The number of halogens is 2. The third kappa shape index (κ3) is 2.64. The molecule has 1 heterocycles. The molecule has 1 aromatic rings. The Morgan fingerprint density at radius 2 is 1.36 bits per heavy atom. The summed E-state index contributed by atoms with van der Waals surface area (Å²) in [5.74, 6) is 2.33. The summed E-state index contributed by atoms with van der Waals surface area (Å²) in [4.78, 5) is 0. The van der Waals surface area contributed by atoms with E-state index in [-0.39, 0.29) is 24.8 Å². The van der Waals surface area contributed by atoms with Crippen LogP contribution in [0.1, 0.15) is 6.42 Å². The van der Waals surface area contributed by atoms with Gasteiger partial charge in [-0.2, -0.15) is 0 Å². The molecule has 0 saturated carbocycles. The summed E-state index contributed by atoms with van der Waals surface area (Å²) in [5.41, 5.74) is 0. The van der Waals surface area contributed by atoms with E-state index in [9.17, 15) is 0 Å². The van der Waals surface area contributed by atoms with Gasteiger partial charge in [0.25, 0.3) is 0 Å². The van der Waals surface area contributed by atoms with E-state index in [1.165, 1.54) is 0 Å². The first-order chi connectivity index (χ1) is 7.69. The molecule has 0 saturated heterocycles. The first kappa shape index (κ1) is 22.6. The minimum atomic E-state index is -5.79. The molecule has 22 heavy (non-hydrogen) atoms. The first-order valence-corrected chi connectivity index (χ1v) is 24.9. The van der Waals surface area contributed by atoms with Crippen LogP contribution in [0.5, 0.6) is 0 Å². The average Bonchev–Trinajstić information content (AvgIpc) is 2.74. The summed E-state index contributed by atoms with van der Waals surface area (Å²) in [6.07, 6.45) is 7.96. The Kier molecular flexibility index (Phi) is 1.93. The second-order valence-electron chi connectivity index (χ2n) is 25.0. The van der Waals surface area contributed by atoms with E-state index in [2.05, 4.69) is 83.2 Å². The van der Waals surface area contributed by atoms with Crippen LogP contribution in [0, 0.1) is 0 Å². The second kappa shape index (κ2) is 1.88. The Morgan fingerprint density at radius 3 is 1.68 bits per heavy atom. The SMILES string of the molecule is Cl.Cl.[CH3][Ti]([CH3])([CH3])([CH3])([CH3])([CH3])([CH3])([CH3])([CH3])([C]1=CC=CC1)[c]1ccc[pH]1. The van der Waals surface area contributed by atoms with Gasteiger partial charge in [-0.15, -0.1) is 24.8 Å².